The van der Waals surface area contributed by atoms with Gasteiger partial charge in [0.25, 0.3) is 5.22 Å². The molecule has 0 fully saturated rings. The van der Waals surface area contributed by atoms with Crippen LogP contribution in [0.3, 0.4) is 0 Å². The number of hydrogen-bond acceptors (Lipinski definition) is 7. The number of benzene rings is 1. The number of hydrogen-bond donors (Lipinski definition) is 1. The highest BCUT2D eigenvalue weighted by molar-refractivity contribution is 7.99. The molecule has 0 aliphatic heterocycles. The van der Waals surface area contributed by atoms with Gasteiger partial charge in [0, 0.05) is 17.1 Å². The summed E-state index contributed by atoms with van der Waals surface area (Å²) < 4.78 is 5.58. The lowest BCUT2D eigenvalue weighted by molar-refractivity contribution is -0.113. The molecule has 3 rings (SSSR count). The van der Waals surface area contributed by atoms with Crippen LogP contribution in [0, 0.1) is 6.92 Å². The Balaban J connectivity index is 1.60. The average Bonchev–Trinajstić information content (AvgIpc) is 3.17. The van der Waals surface area contributed by atoms with E-state index in [1.165, 1.54) is 23.1 Å². The van der Waals surface area contributed by atoms with Crippen LogP contribution in [0.25, 0.3) is 11.5 Å². The molecule has 0 aliphatic carbocycles. The zero-order chi connectivity index (χ0) is 15.4. The number of nitrogens with one attached hydrogen (secondary N) is 1. The van der Waals surface area contributed by atoms with Crippen LogP contribution in [-0.2, 0) is 4.79 Å². The quantitative estimate of drug-likeness (QED) is 0.723. The number of aromatic nitrogens is 3. The van der Waals surface area contributed by atoms with E-state index in [1.807, 2.05) is 31.2 Å². The molecule has 0 saturated carbocycles. The third kappa shape index (κ3) is 3.52. The molecule has 1 aromatic carbocycles. The summed E-state index contributed by atoms with van der Waals surface area (Å²) in [4.78, 5) is 15.8. The first kappa shape index (κ1) is 14.7. The van der Waals surface area contributed by atoms with Crippen molar-refractivity contribution < 1.29 is 9.21 Å². The van der Waals surface area contributed by atoms with E-state index >= 15 is 0 Å². The number of aryl methyl sites for hydroxylation is 1. The number of thiazole rings is 1. The van der Waals surface area contributed by atoms with Crippen molar-refractivity contribution in [3.8, 4) is 11.5 Å². The summed E-state index contributed by atoms with van der Waals surface area (Å²) >= 11 is 2.57. The Morgan fingerprint density at radius 3 is 3.00 bits per heavy atom. The Hall–Kier alpha value is -2.19. The first-order valence-corrected chi connectivity index (χ1v) is 8.30. The molecule has 0 radical (unpaired) electrons. The van der Waals surface area contributed by atoms with Gasteiger partial charge in [-0.2, -0.15) is 0 Å². The minimum absolute atomic E-state index is 0.157. The topological polar surface area (TPSA) is 80.9 Å². The molecule has 0 aliphatic rings. The lowest BCUT2D eigenvalue weighted by Crippen LogP contribution is -2.13. The minimum atomic E-state index is -0.157. The van der Waals surface area contributed by atoms with Crippen molar-refractivity contribution in [3.63, 3.8) is 0 Å². The van der Waals surface area contributed by atoms with Crippen molar-refractivity contribution in [2.45, 2.75) is 12.1 Å². The summed E-state index contributed by atoms with van der Waals surface area (Å²) in [5.74, 6) is 0.492. The molecular weight excluding hydrogens is 320 g/mol. The van der Waals surface area contributed by atoms with Crippen molar-refractivity contribution in [3.05, 3.63) is 41.4 Å². The van der Waals surface area contributed by atoms with Crippen LogP contribution in [0.2, 0.25) is 0 Å². The first-order chi connectivity index (χ1) is 10.7. The van der Waals surface area contributed by atoms with Gasteiger partial charge in [0.15, 0.2) is 5.13 Å². The summed E-state index contributed by atoms with van der Waals surface area (Å²) in [6.07, 6.45) is 1.64. The molecule has 3 aromatic rings. The summed E-state index contributed by atoms with van der Waals surface area (Å²) in [7, 11) is 0. The number of thioether (sulfide) groups is 1. The van der Waals surface area contributed by atoms with Gasteiger partial charge in [0.1, 0.15) is 0 Å². The number of amides is 1. The molecule has 0 spiro atoms. The summed E-state index contributed by atoms with van der Waals surface area (Å²) in [5.41, 5.74) is 1.96. The van der Waals surface area contributed by atoms with Crippen LogP contribution >= 0.6 is 23.1 Å². The van der Waals surface area contributed by atoms with E-state index in [2.05, 4.69) is 20.5 Å². The Kier molecular flexibility index (Phi) is 4.50. The Morgan fingerprint density at radius 2 is 2.23 bits per heavy atom. The van der Waals surface area contributed by atoms with Crippen molar-refractivity contribution >= 4 is 34.1 Å². The van der Waals surface area contributed by atoms with E-state index in [9.17, 15) is 4.79 Å². The van der Waals surface area contributed by atoms with Crippen LogP contribution in [0.15, 0.2) is 45.5 Å². The zero-order valence-corrected chi connectivity index (χ0v) is 13.3. The third-order valence-electron chi connectivity index (χ3n) is 2.79. The van der Waals surface area contributed by atoms with Gasteiger partial charge in [-0.3, -0.25) is 4.79 Å². The van der Waals surface area contributed by atoms with E-state index in [4.69, 9.17) is 4.42 Å². The summed E-state index contributed by atoms with van der Waals surface area (Å²) in [5, 5.41) is 13.4. The van der Waals surface area contributed by atoms with E-state index < -0.39 is 0 Å². The predicted molar refractivity (Wildman–Crippen MR) is 85.9 cm³/mol. The molecule has 0 atom stereocenters. The van der Waals surface area contributed by atoms with Crippen molar-refractivity contribution in [2.75, 3.05) is 11.1 Å². The maximum atomic E-state index is 11.8. The molecule has 0 saturated heterocycles. The fourth-order valence-corrected chi connectivity index (χ4v) is 2.87. The smallest absolute Gasteiger partial charge is 0.277 e. The van der Waals surface area contributed by atoms with Crippen molar-refractivity contribution in [2.24, 2.45) is 0 Å². The van der Waals surface area contributed by atoms with Crippen LogP contribution in [0.4, 0.5) is 5.13 Å². The fourth-order valence-electron chi connectivity index (χ4n) is 1.76. The lowest BCUT2D eigenvalue weighted by Gasteiger charge is -1.99. The minimum Gasteiger partial charge on any atom is -0.411 e. The van der Waals surface area contributed by atoms with Crippen molar-refractivity contribution in [1.29, 1.82) is 0 Å². The lowest BCUT2D eigenvalue weighted by atomic mass is 10.1. The number of nitrogens with zero attached hydrogens (tertiary/aromatic N) is 3. The predicted octanol–water partition coefficient (Wildman–Crippen LogP) is 3.23. The van der Waals surface area contributed by atoms with E-state index in [1.54, 1.807) is 11.6 Å². The number of anilines is 1. The maximum Gasteiger partial charge on any atom is 0.277 e. The second kappa shape index (κ2) is 6.71. The first-order valence-electron chi connectivity index (χ1n) is 6.44. The highest BCUT2D eigenvalue weighted by Crippen LogP contribution is 2.25. The Morgan fingerprint density at radius 1 is 1.36 bits per heavy atom. The van der Waals surface area contributed by atoms with Crippen LogP contribution < -0.4 is 5.32 Å². The normalized spacial score (nSPS) is 10.6. The van der Waals surface area contributed by atoms with E-state index in [-0.39, 0.29) is 11.7 Å². The number of rotatable bonds is 5. The van der Waals surface area contributed by atoms with Gasteiger partial charge in [-0.25, -0.2) is 4.98 Å². The summed E-state index contributed by atoms with van der Waals surface area (Å²) in [6, 6.07) is 7.77. The molecule has 8 heteroatoms. The second-order valence-electron chi connectivity index (χ2n) is 4.36. The van der Waals surface area contributed by atoms with Gasteiger partial charge in [-0.1, -0.05) is 30.0 Å². The van der Waals surface area contributed by atoms with Crippen LogP contribution in [0.1, 0.15) is 5.56 Å². The molecule has 2 heterocycles. The molecule has 1 N–H and O–H groups in total. The average molecular weight is 332 g/mol. The summed E-state index contributed by atoms with van der Waals surface area (Å²) in [6.45, 7) is 1.98. The van der Waals surface area contributed by atoms with Gasteiger partial charge in [0.05, 0.1) is 5.75 Å². The highest BCUT2D eigenvalue weighted by Gasteiger charge is 2.13. The van der Waals surface area contributed by atoms with Gasteiger partial charge >= 0.3 is 0 Å². The van der Waals surface area contributed by atoms with Gasteiger partial charge < -0.3 is 9.73 Å². The maximum absolute atomic E-state index is 11.8. The molecule has 0 unspecified atom stereocenters. The Bertz CT molecular complexity index is 771. The molecule has 22 heavy (non-hydrogen) atoms. The van der Waals surface area contributed by atoms with Crippen LogP contribution in [-0.4, -0.2) is 26.8 Å². The molecule has 0 bridgehead atoms. The van der Waals surface area contributed by atoms with E-state index in [0.717, 1.165) is 11.1 Å². The highest BCUT2D eigenvalue weighted by atomic mass is 32.2. The molecule has 1 amide bonds. The molecule has 6 nitrogen and oxygen atoms in total. The van der Waals surface area contributed by atoms with Gasteiger partial charge in [-0.15, -0.1) is 21.5 Å². The Labute approximate surface area is 135 Å². The molecule has 112 valence electrons. The largest absolute Gasteiger partial charge is 0.411 e. The monoisotopic (exact) mass is 332 g/mol. The third-order valence-corrected chi connectivity index (χ3v) is 4.29. The van der Waals surface area contributed by atoms with E-state index in [0.29, 0.717) is 16.2 Å². The SMILES string of the molecule is Cc1ccccc1-c1nnc(SCC(=O)Nc2nccs2)o1. The fraction of sp³-hybridized carbons (Fsp3) is 0.143. The number of carbonyl (C=O) groups is 1. The number of carbonyl (C=O) groups excluding carboxylic acids is 1. The standard InChI is InChI=1S/C14H12N4O2S2/c1-9-4-2-3-5-10(9)12-17-18-14(20-12)22-8-11(19)16-13-15-6-7-21-13/h2-7H,8H2,1H3,(H,15,16,19). The second-order valence-corrected chi connectivity index (χ2v) is 6.18. The van der Waals surface area contributed by atoms with Gasteiger partial charge in [0.2, 0.25) is 11.8 Å². The zero-order valence-electron chi connectivity index (χ0n) is 11.6. The van der Waals surface area contributed by atoms with Gasteiger partial charge in [-0.05, 0) is 18.6 Å². The molecule has 2 aromatic heterocycles. The van der Waals surface area contributed by atoms with Crippen molar-refractivity contribution in [1.82, 2.24) is 15.2 Å². The van der Waals surface area contributed by atoms with Crippen LogP contribution in [0.5, 0.6) is 0 Å². The molecular formula is C14H12N4O2S2.